The van der Waals surface area contributed by atoms with Crippen molar-refractivity contribution in [1.29, 1.82) is 0 Å². The number of amides is 1. The largest absolute Gasteiger partial charge is 0.352 e. The molecule has 0 saturated heterocycles. The van der Waals surface area contributed by atoms with Crippen LogP contribution >= 0.6 is 0 Å². The van der Waals surface area contributed by atoms with Crippen LogP contribution in [0.2, 0.25) is 0 Å². The van der Waals surface area contributed by atoms with Crippen molar-refractivity contribution in [3.05, 3.63) is 35.4 Å². The minimum Gasteiger partial charge on any atom is -0.352 e. The Labute approximate surface area is 110 Å². The Bertz CT molecular complexity index is 359. The van der Waals surface area contributed by atoms with E-state index in [-0.39, 0.29) is 11.8 Å². The standard InChI is InChI=1S/C15H24N2O/c1-3-13-6-8-14(9-7-13)11-17-15(18)12(2)5-4-10-16/h6-9,12H,3-5,10-11,16H2,1-2H3,(H,17,18). The van der Waals surface area contributed by atoms with Crippen molar-refractivity contribution in [3.8, 4) is 0 Å². The molecule has 3 nitrogen and oxygen atoms in total. The van der Waals surface area contributed by atoms with E-state index < -0.39 is 0 Å². The summed E-state index contributed by atoms with van der Waals surface area (Å²) < 4.78 is 0. The van der Waals surface area contributed by atoms with E-state index in [4.69, 9.17) is 5.73 Å². The van der Waals surface area contributed by atoms with Crippen LogP contribution in [0.5, 0.6) is 0 Å². The molecule has 1 unspecified atom stereocenters. The fourth-order valence-electron chi connectivity index (χ4n) is 1.81. The maximum absolute atomic E-state index is 11.8. The van der Waals surface area contributed by atoms with Gasteiger partial charge in [0, 0.05) is 12.5 Å². The van der Waals surface area contributed by atoms with Gasteiger partial charge < -0.3 is 11.1 Å². The highest BCUT2D eigenvalue weighted by molar-refractivity contribution is 5.78. The molecule has 0 saturated carbocycles. The van der Waals surface area contributed by atoms with Crippen LogP contribution in [-0.4, -0.2) is 12.5 Å². The average molecular weight is 248 g/mol. The lowest BCUT2D eigenvalue weighted by Gasteiger charge is -2.11. The Morgan fingerprint density at radius 3 is 2.44 bits per heavy atom. The monoisotopic (exact) mass is 248 g/mol. The van der Waals surface area contributed by atoms with Gasteiger partial charge in [0.15, 0.2) is 0 Å². The van der Waals surface area contributed by atoms with Gasteiger partial charge in [-0.05, 0) is 36.9 Å². The third-order valence-corrected chi connectivity index (χ3v) is 3.19. The van der Waals surface area contributed by atoms with E-state index in [0.717, 1.165) is 24.8 Å². The van der Waals surface area contributed by atoms with Crippen LogP contribution in [0.1, 0.15) is 37.8 Å². The van der Waals surface area contributed by atoms with Gasteiger partial charge in [0.2, 0.25) is 5.91 Å². The zero-order valence-electron chi connectivity index (χ0n) is 11.4. The van der Waals surface area contributed by atoms with Crippen molar-refractivity contribution in [2.24, 2.45) is 11.7 Å². The lowest BCUT2D eigenvalue weighted by Crippen LogP contribution is -2.29. The fourth-order valence-corrected chi connectivity index (χ4v) is 1.81. The Morgan fingerprint density at radius 1 is 1.28 bits per heavy atom. The summed E-state index contributed by atoms with van der Waals surface area (Å²) in [4.78, 5) is 11.8. The Hall–Kier alpha value is -1.35. The summed E-state index contributed by atoms with van der Waals surface area (Å²) in [5.41, 5.74) is 7.90. The molecule has 1 atom stereocenters. The minimum absolute atomic E-state index is 0.0449. The summed E-state index contributed by atoms with van der Waals surface area (Å²) in [6, 6.07) is 8.37. The van der Waals surface area contributed by atoms with E-state index in [1.165, 1.54) is 5.56 Å². The van der Waals surface area contributed by atoms with Crippen LogP contribution in [0.3, 0.4) is 0 Å². The van der Waals surface area contributed by atoms with E-state index in [1.54, 1.807) is 0 Å². The number of nitrogens with one attached hydrogen (secondary N) is 1. The van der Waals surface area contributed by atoms with Gasteiger partial charge in [-0.3, -0.25) is 4.79 Å². The van der Waals surface area contributed by atoms with Crippen molar-refractivity contribution in [3.63, 3.8) is 0 Å². The topological polar surface area (TPSA) is 55.1 Å². The molecule has 1 amide bonds. The van der Waals surface area contributed by atoms with Crippen LogP contribution in [-0.2, 0) is 17.8 Å². The molecule has 0 aliphatic rings. The van der Waals surface area contributed by atoms with E-state index in [9.17, 15) is 4.79 Å². The number of aryl methyl sites for hydroxylation is 1. The SMILES string of the molecule is CCc1ccc(CNC(=O)C(C)CCCN)cc1. The van der Waals surface area contributed by atoms with E-state index in [0.29, 0.717) is 13.1 Å². The Kier molecular flexibility index (Phi) is 6.44. The lowest BCUT2D eigenvalue weighted by atomic mass is 10.0. The molecule has 0 aromatic heterocycles. The quantitative estimate of drug-likeness (QED) is 0.777. The summed E-state index contributed by atoms with van der Waals surface area (Å²) in [5.74, 6) is 0.159. The van der Waals surface area contributed by atoms with Crippen LogP contribution in [0.4, 0.5) is 0 Å². The molecule has 0 heterocycles. The molecule has 3 heteroatoms. The van der Waals surface area contributed by atoms with E-state index in [1.807, 2.05) is 6.92 Å². The predicted molar refractivity (Wildman–Crippen MR) is 75.1 cm³/mol. The molecular formula is C15H24N2O. The Balaban J connectivity index is 2.37. The summed E-state index contributed by atoms with van der Waals surface area (Å²) in [5, 5.41) is 2.97. The smallest absolute Gasteiger partial charge is 0.223 e. The summed E-state index contributed by atoms with van der Waals surface area (Å²) in [6.07, 6.45) is 2.81. The number of benzene rings is 1. The molecule has 0 spiro atoms. The molecule has 1 rings (SSSR count). The molecule has 0 radical (unpaired) electrons. The van der Waals surface area contributed by atoms with Crippen molar-refractivity contribution in [2.45, 2.75) is 39.7 Å². The van der Waals surface area contributed by atoms with Gasteiger partial charge in [0.05, 0.1) is 0 Å². The number of carbonyl (C=O) groups excluding carboxylic acids is 1. The second-order valence-corrected chi connectivity index (χ2v) is 4.72. The highest BCUT2D eigenvalue weighted by Gasteiger charge is 2.11. The third-order valence-electron chi connectivity index (χ3n) is 3.19. The van der Waals surface area contributed by atoms with Crippen molar-refractivity contribution in [2.75, 3.05) is 6.54 Å². The van der Waals surface area contributed by atoms with Gasteiger partial charge in [-0.15, -0.1) is 0 Å². The Morgan fingerprint density at radius 2 is 1.89 bits per heavy atom. The molecule has 1 aromatic rings. The molecular weight excluding hydrogens is 224 g/mol. The van der Waals surface area contributed by atoms with Crippen LogP contribution < -0.4 is 11.1 Å². The number of carbonyl (C=O) groups is 1. The predicted octanol–water partition coefficient (Wildman–Crippen LogP) is 2.24. The highest BCUT2D eigenvalue weighted by Crippen LogP contribution is 2.07. The van der Waals surface area contributed by atoms with Gasteiger partial charge in [-0.25, -0.2) is 0 Å². The molecule has 0 bridgehead atoms. The highest BCUT2D eigenvalue weighted by atomic mass is 16.1. The second-order valence-electron chi connectivity index (χ2n) is 4.72. The first-order chi connectivity index (χ1) is 8.67. The normalized spacial score (nSPS) is 12.2. The number of nitrogens with two attached hydrogens (primary N) is 1. The number of hydrogen-bond donors (Lipinski definition) is 2. The lowest BCUT2D eigenvalue weighted by molar-refractivity contribution is -0.124. The first-order valence-electron chi connectivity index (χ1n) is 6.73. The van der Waals surface area contributed by atoms with Crippen molar-refractivity contribution >= 4 is 5.91 Å². The zero-order valence-corrected chi connectivity index (χ0v) is 11.4. The van der Waals surface area contributed by atoms with Gasteiger partial charge in [-0.2, -0.15) is 0 Å². The number of rotatable bonds is 7. The molecule has 1 aromatic carbocycles. The van der Waals surface area contributed by atoms with Crippen LogP contribution in [0, 0.1) is 5.92 Å². The van der Waals surface area contributed by atoms with Crippen LogP contribution in [0.25, 0.3) is 0 Å². The van der Waals surface area contributed by atoms with E-state index in [2.05, 4.69) is 36.5 Å². The molecule has 0 aliphatic carbocycles. The molecule has 0 fully saturated rings. The third kappa shape index (κ3) is 4.88. The summed E-state index contributed by atoms with van der Waals surface area (Å²) in [6.45, 7) is 5.34. The second kappa shape index (κ2) is 7.88. The van der Waals surface area contributed by atoms with Crippen molar-refractivity contribution < 1.29 is 4.79 Å². The fraction of sp³-hybridized carbons (Fsp3) is 0.533. The zero-order chi connectivity index (χ0) is 13.4. The van der Waals surface area contributed by atoms with Gasteiger partial charge >= 0.3 is 0 Å². The van der Waals surface area contributed by atoms with Gasteiger partial charge in [-0.1, -0.05) is 38.1 Å². The molecule has 3 N–H and O–H groups in total. The van der Waals surface area contributed by atoms with E-state index >= 15 is 0 Å². The molecule has 100 valence electrons. The summed E-state index contributed by atoms with van der Waals surface area (Å²) >= 11 is 0. The maximum Gasteiger partial charge on any atom is 0.223 e. The van der Waals surface area contributed by atoms with Gasteiger partial charge in [0.1, 0.15) is 0 Å². The first-order valence-corrected chi connectivity index (χ1v) is 6.73. The maximum atomic E-state index is 11.8. The van der Waals surface area contributed by atoms with Gasteiger partial charge in [0.25, 0.3) is 0 Å². The number of hydrogen-bond acceptors (Lipinski definition) is 2. The minimum atomic E-state index is 0.0449. The molecule has 0 aliphatic heterocycles. The van der Waals surface area contributed by atoms with Crippen molar-refractivity contribution in [1.82, 2.24) is 5.32 Å². The first kappa shape index (κ1) is 14.7. The average Bonchev–Trinajstić information content (AvgIpc) is 2.42. The summed E-state index contributed by atoms with van der Waals surface area (Å²) in [7, 11) is 0. The van der Waals surface area contributed by atoms with Crippen LogP contribution in [0.15, 0.2) is 24.3 Å². The molecule has 18 heavy (non-hydrogen) atoms.